The van der Waals surface area contributed by atoms with Gasteiger partial charge in [-0.1, -0.05) is 29.8 Å². The van der Waals surface area contributed by atoms with Gasteiger partial charge in [-0.3, -0.25) is 14.5 Å². The Kier molecular flexibility index (Phi) is 4.53. The molecule has 0 saturated carbocycles. The number of aryl methyl sites for hydroxylation is 3. The Morgan fingerprint density at radius 1 is 1.04 bits per heavy atom. The molecule has 4 heteroatoms. The van der Waals surface area contributed by atoms with E-state index in [1.165, 1.54) is 5.56 Å². The molecule has 0 aliphatic rings. The molecule has 2 aromatic heterocycles. The number of hydrogen-bond acceptors (Lipinski definition) is 3. The Morgan fingerprint density at radius 3 is 2.31 bits per heavy atom. The zero-order valence-electron chi connectivity index (χ0n) is 16.3. The van der Waals surface area contributed by atoms with Crippen LogP contribution in [0.15, 0.2) is 42.7 Å². The number of hydrogen-bond donors (Lipinski definition) is 0. The lowest BCUT2D eigenvalue weighted by molar-refractivity contribution is 0.0903. The first kappa shape index (κ1) is 18.1. The molecule has 0 fully saturated rings. The summed E-state index contributed by atoms with van der Waals surface area (Å²) in [5, 5.41) is 4.58. The SMILES string of the molecule is Cc1ccc(C(C)(C)C(=O)c2nn(C)c(C)c2-c2ccncc2C)cc1. The van der Waals surface area contributed by atoms with E-state index < -0.39 is 5.41 Å². The first-order valence-corrected chi connectivity index (χ1v) is 8.80. The van der Waals surface area contributed by atoms with E-state index in [2.05, 4.69) is 10.1 Å². The van der Waals surface area contributed by atoms with Crippen molar-refractivity contribution in [3.63, 3.8) is 0 Å². The molecule has 3 rings (SSSR count). The molecule has 0 saturated heterocycles. The number of carbonyl (C=O) groups is 1. The van der Waals surface area contributed by atoms with Gasteiger partial charge in [0.05, 0.1) is 5.41 Å². The smallest absolute Gasteiger partial charge is 0.193 e. The van der Waals surface area contributed by atoms with Crippen molar-refractivity contribution in [1.29, 1.82) is 0 Å². The van der Waals surface area contributed by atoms with Crippen molar-refractivity contribution in [3.05, 3.63) is 70.8 Å². The van der Waals surface area contributed by atoms with Crippen LogP contribution < -0.4 is 0 Å². The number of carbonyl (C=O) groups excluding carboxylic acids is 1. The lowest BCUT2D eigenvalue weighted by atomic mass is 9.78. The molecular weight excluding hydrogens is 322 g/mol. The van der Waals surface area contributed by atoms with Gasteiger partial charge in [0, 0.05) is 30.7 Å². The highest BCUT2D eigenvalue weighted by atomic mass is 16.1. The van der Waals surface area contributed by atoms with Crippen molar-refractivity contribution in [3.8, 4) is 11.1 Å². The highest BCUT2D eigenvalue weighted by Gasteiger charge is 2.35. The van der Waals surface area contributed by atoms with E-state index in [-0.39, 0.29) is 5.78 Å². The fourth-order valence-electron chi connectivity index (χ4n) is 3.24. The van der Waals surface area contributed by atoms with Crippen LogP contribution in [0, 0.1) is 20.8 Å². The Hall–Kier alpha value is -2.75. The Morgan fingerprint density at radius 2 is 1.69 bits per heavy atom. The molecule has 0 radical (unpaired) electrons. The summed E-state index contributed by atoms with van der Waals surface area (Å²) in [5.74, 6) is 0.0243. The normalized spacial score (nSPS) is 11.6. The lowest BCUT2D eigenvalue weighted by Crippen LogP contribution is -2.30. The summed E-state index contributed by atoms with van der Waals surface area (Å²) in [4.78, 5) is 17.7. The van der Waals surface area contributed by atoms with Crippen LogP contribution in [0.1, 0.15) is 46.7 Å². The van der Waals surface area contributed by atoms with Crippen molar-refractivity contribution in [2.75, 3.05) is 0 Å². The molecule has 0 aliphatic carbocycles. The third-order valence-electron chi connectivity index (χ3n) is 5.18. The Balaban J connectivity index is 2.15. The van der Waals surface area contributed by atoms with E-state index in [0.29, 0.717) is 5.69 Å². The first-order valence-electron chi connectivity index (χ1n) is 8.80. The van der Waals surface area contributed by atoms with Gasteiger partial charge in [0.25, 0.3) is 0 Å². The average Bonchev–Trinajstić information content (AvgIpc) is 2.90. The average molecular weight is 347 g/mol. The minimum Gasteiger partial charge on any atom is -0.291 e. The van der Waals surface area contributed by atoms with Crippen molar-refractivity contribution in [1.82, 2.24) is 14.8 Å². The number of aromatic nitrogens is 3. The summed E-state index contributed by atoms with van der Waals surface area (Å²) in [5.41, 5.74) is 5.95. The zero-order valence-corrected chi connectivity index (χ0v) is 16.3. The second-order valence-corrected chi connectivity index (χ2v) is 7.44. The lowest BCUT2D eigenvalue weighted by Gasteiger charge is -2.23. The number of pyridine rings is 1. The quantitative estimate of drug-likeness (QED) is 0.650. The first-order chi connectivity index (χ1) is 12.2. The molecule has 0 atom stereocenters. The van der Waals surface area contributed by atoms with Gasteiger partial charge < -0.3 is 0 Å². The van der Waals surface area contributed by atoms with Crippen LogP contribution in [0.4, 0.5) is 0 Å². The summed E-state index contributed by atoms with van der Waals surface area (Å²) in [6.07, 6.45) is 3.58. The van der Waals surface area contributed by atoms with Crippen LogP contribution >= 0.6 is 0 Å². The molecule has 4 nitrogen and oxygen atoms in total. The molecular formula is C22H25N3O. The van der Waals surface area contributed by atoms with Crippen LogP contribution in [0.5, 0.6) is 0 Å². The largest absolute Gasteiger partial charge is 0.291 e. The highest BCUT2D eigenvalue weighted by Crippen LogP contribution is 2.35. The molecule has 2 heterocycles. The fourth-order valence-corrected chi connectivity index (χ4v) is 3.24. The molecule has 0 aliphatic heterocycles. The number of benzene rings is 1. The Bertz CT molecular complexity index is 966. The molecule has 26 heavy (non-hydrogen) atoms. The predicted octanol–water partition coefficient (Wildman–Crippen LogP) is 4.57. The highest BCUT2D eigenvalue weighted by molar-refractivity contribution is 6.07. The van der Waals surface area contributed by atoms with E-state index >= 15 is 0 Å². The standard InChI is InChI=1S/C22H25N3O/c1-14-7-9-17(10-8-14)22(4,5)21(26)20-19(16(3)25(6)24-20)18-11-12-23-13-15(18)2/h7-13H,1-6H3. The molecule has 0 spiro atoms. The zero-order chi connectivity index (χ0) is 19.1. The van der Waals surface area contributed by atoms with Gasteiger partial charge in [-0.25, -0.2) is 0 Å². The minimum absolute atomic E-state index is 0.0243. The minimum atomic E-state index is -0.663. The summed E-state index contributed by atoms with van der Waals surface area (Å²) in [6, 6.07) is 10.1. The molecule has 3 aromatic rings. The van der Waals surface area contributed by atoms with Crippen LogP contribution in [0.2, 0.25) is 0 Å². The van der Waals surface area contributed by atoms with Gasteiger partial charge in [-0.2, -0.15) is 5.10 Å². The summed E-state index contributed by atoms with van der Waals surface area (Å²) in [6.45, 7) is 9.98. The number of rotatable bonds is 4. The van der Waals surface area contributed by atoms with Gasteiger partial charge >= 0.3 is 0 Å². The molecule has 134 valence electrons. The molecule has 0 amide bonds. The molecule has 1 aromatic carbocycles. The van der Waals surface area contributed by atoms with Gasteiger partial charge in [0.1, 0.15) is 5.69 Å². The molecule has 0 N–H and O–H groups in total. The maximum absolute atomic E-state index is 13.5. The van der Waals surface area contributed by atoms with E-state index in [9.17, 15) is 4.79 Å². The van der Waals surface area contributed by atoms with Crippen LogP contribution in [0.25, 0.3) is 11.1 Å². The van der Waals surface area contributed by atoms with Crippen molar-refractivity contribution >= 4 is 5.78 Å². The summed E-state index contributed by atoms with van der Waals surface area (Å²) >= 11 is 0. The topological polar surface area (TPSA) is 47.8 Å². The number of nitrogens with zero attached hydrogens (tertiary/aromatic N) is 3. The number of ketones is 1. The molecule has 0 bridgehead atoms. The van der Waals surface area contributed by atoms with Crippen LogP contribution in [0.3, 0.4) is 0 Å². The van der Waals surface area contributed by atoms with Crippen LogP contribution in [-0.4, -0.2) is 20.5 Å². The fraction of sp³-hybridized carbons (Fsp3) is 0.318. The van der Waals surface area contributed by atoms with E-state index in [4.69, 9.17) is 0 Å². The second kappa shape index (κ2) is 6.52. The van der Waals surface area contributed by atoms with Crippen LogP contribution in [-0.2, 0) is 12.5 Å². The van der Waals surface area contributed by atoms with E-state index in [1.54, 1.807) is 10.9 Å². The van der Waals surface area contributed by atoms with Crippen molar-refractivity contribution < 1.29 is 4.79 Å². The summed E-state index contributed by atoms with van der Waals surface area (Å²) in [7, 11) is 1.88. The van der Waals surface area contributed by atoms with Gasteiger partial charge in [-0.15, -0.1) is 0 Å². The third-order valence-corrected chi connectivity index (χ3v) is 5.18. The second-order valence-electron chi connectivity index (χ2n) is 7.44. The van der Waals surface area contributed by atoms with E-state index in [0.717, 1.165) is 27.9 Å². The van der Waals surface area contributed by atoms with Crippen molar-refractivity contribution in [2.24, 2.45) is 7.05 Å². The maximum Gasteiger partial charge on any atom is 0.193 e. The predicted molar refractivity (Wildman–Crippen MR) is 104 cm³/mol. The third kappa shape index (κ3) is 2.96. The number of Topliss-reactive ketones (excluding diaryl/α,β-unsaturated/α-hetero) is 1. The van der Waals surface area contributed by atoms with Gasteiger partial charge in [0.15, 0.2) is 5.78 Å². The van der Waals surface area contributed by atoms with Gasteiger partial charge in [0.2, 0.25) is 0 Å². The summed E-state index contributed by atoms with van der Waals surface area (Å²) < 4.78 is 1.79. The maximum atomic E-state index is 13.5. The monoisotopic (exact) mass is 347 g/mol. The van der Waals surface area contributed by atoms with E-state index in [1.807, 2.05) is 78.2 Å². The van der Waals surface area contributed by atoms with Crippen molar-refractivity contribution in [2.45, 2.75) is 40.0 Å². The Labute approximate surface area is 154 Å². The van der Waals surface area contributed by atoms with Gasteiger partial charge in [-0.05, 0) is 57.4 Å². The molecule has 0 unspecified atom stereocenters.